The molecule has 270 valence electrons. The monoisotopic (exact) mass is 660 g/mol. The number of carboxylic acids is 1. The summed E-state index contributed by atoms with van der Waals surface area (Å²) in [6.45, 7) is 16.1. The molecule has 0 amide bonds. The first-order valence-corrected chi connectivity index (χ1v) is 15.9. The molecule has 0 aliphatic carbocycles. The zero-order valence-corrected chi connectivity index (χ0v) is 27.6. The van der Waals surface area contributed by atoms with Crippen LogP contribution in [0.4, 0.5) is 0 Å². The third kappa shape index (κ3) is 43.0. The highest BCUT2D eigenvalue weighted by atomic mass is 16.6. The van der Waals surface area contributed by atoms with Gasteiger partial charge >= 0.3 is 5.97 Å². The van der Waals surface area contributed by atoms with Crippen molar-refractivity contribution in [3.63, 3.8) is 0 Å². The molecule has 0 radical (unpaired) electrons. The number of carbonyl (C=O) groups is 1. The number of rotatable bonds is 40. The van der Waals surface area contributed by atoms with Gasteiger partial charge in [-0.2, -0.15) is 0 Å². The molecule has 0 atom stereocenters. The van der Waals surface area contributed by atoms with Crippen molar-refractivity contribution in [2.24, 2.45) is 0 Å². The van der Waals surface area contributed by atoms with E-state index in [-0.39, 0.29) is 19.1 Å². The Morgan fingerprint density at radius 3 is 0.711 bits per heavy atom. The van der Waals surface area contributed by atoms with Gasteiger partial charge in [0.25, 0.3) is 0 Å². The van der Waals surface area contributed by atoms with Crippen molar-refractivity contribution in [2.45, 2.75) is 26.4 Å². The molecule has 0 aliphatic rings. The molecule has 45 heavy (non-hydrogen) atoms. The van der Waals surface area contributed by atoms with Gasteiger partial charge < -0.3 is 66.7 Å². The Morgan fingerprint density at radius 2 is 0.533 bits per heavy atom. The minimum absolute atomic E-state index is 0.00236. The summed E-state index contributed by atoms with van der Waals surface area (Å²) in [6, 6.07) is 0. The van der Waals surface area contributed by atoms with Gasteiger partial charge in [0, 0.05) is 0 Å². The maximum Gasteiger partial charge on any atom is 0.305 e. The van der Waals surface area contributed by atoms with E-state index < -0.39 is 5.97 Å². The maximum atomic E-state index is 10.3. The van der Waals surface area contributed by atoms with Crippen molar-refractivity contribution in [3.05, 3.63) is 0 Å². The summed E-state index contributed by atoms with van der Waals surface area (Å²) in [5, 5.41) is 8.48. The number of ether oxygens (including phenoxy) is 13. The summed E-state index contributed by atoms with van der Waals surface area (Å²) < 4.78 is 70.2. The molecule has 0 saturated carbocycles. The van der Waals surface area contributed by atoms with Gasteiger partial charge in [-0.15, -0.1) is 0 Å². The molecule has 15 nitrogen and oxygen atoms in total. The molecule has 0 fully saturated rings. The van der Waals surface area contributed by atoms with E-state index in [9.17, 15) is 4.79 Å². The van der Waals surface area contributed by atoms with Crippen LogP contribution >= 0.6 is 0 Å². The molecule has 0 aromatic carbocycles. The van der Waals surface area contributed by atoms with Crippen LogP contribution in [0.2, 0.25) is 0 Å². The summed E-state index contributed by atoms with van der Waals surface area (Å²) in [4.78, 5) is 10.3. The third-order valence-electron chi connectivity index (χ3n) is 5.23. The maximum absolute atomic E-state index is 10.3. The van der Waals surface area contributed by atoms with Crippen LogP contribution in [0.3, 0.4) is 0 Å². The second-order valence-corrected chi connectivity index (χ2v) is 9.41. The van der Waals surface area contributed by atoms with E-state index in [1.165, 1.54) is 0 Å². The Balaban J connectivity index is 3.05. The van der Waals surface area contributed by atoms with Crippen molar-refractivity contribution >= 4 is 5.97 Å². The van der Waals surface area contributed by atoms with Gasteiger partial charge in [-0.3, -0.25) is 4.79 Å². The number of carboxylic acid groups (broad SMARTS) is 1. The van der Waals surface area contributed by atoms with Gasteiger partial charge in [0.2, 0.25) is 0 Å². The molecule has 0 spiro atoms. The van der Waals surface area contributed by atoms with Gasteiger partial charge in [0.05, 0.1) is 178 Å². The van der Waals surface area contributed by atoms with E-state index in [4.69, 9.17) is 66.7 Å². The summed E-state index contributed by atoms with van der Waals surface area (Å²) >= 11 is 0. The second kappa shape index (κ2) is 39.1. The van der Waals surface area contributed by atoms with Crippen LogP contribution in [-0.4, -0.2) is 182 Å². The van der Waals surface area contributed by atoms with E-state index in [2.05, 4.69) is 0 Å². The normalized spacial score (nSPS) is 11.6. The average Bonchev–Trinajstić information content (AvgIpc) is 3.02. The molecule has 0 saturated heterocycles. The lowest BCUT2D eigenvalue weighted by Gasteiger charge is -2.09. The number of aliphatic carboxylic acids is 1. The van der Waals surface area contributed by atoms with Crippen LogP contribution in [0.25, 0.3) is 0 Å². The highest BCUT2D eigenvalue weighted by molar-refractivity contribution is 5.66. The summed E-state index contributed by atoms with van der Waals surface area (Å²) in [7, 11) is 0. The van der Waals surface area contributed by atoms with Crippen molar-refractivity contribution < 1.29 is 71.5 Å². The first-order valence-electron chi connectivity index (χ1n) is 15.9. The highest BCUT2D eigenvalue weighted by Gasteiger charge is 1.98. The lowest BCUT2D eigenvalue weighted by Crippen LogP contribution is -2.15. The van der Waals surface area contributed by atoms with E-state index in [0.717, 1.165) is 0 Å². The molecule has 0 heterocycles. The van der Waals surface area contributed by atoms with Gasteiger partial charge in [-0.1, -0.05) is 0 Å². The number of hydrogen-bond donors (Lipinski definition) is 1. The van der Waals surface area contributed by atoms with Crippen LogP contribution in [0.5, 0.6) is 0 Å². The molecule has 0 bridgehead atoms. The predicted molar refractivity (Wildman–Crippen MR) is 163 cm³/mol. The van der Waals surface area contributed by atoms with Crippen molar-refractivity contribution in [2.75, 3.05) is 165 Å². The zero-order valence-electron chi connectivity index (χ0n) is 27.6. The van der Waals surface area contributed by atoms with Crippen molar-refractivity contribution in [3.8, 4) is 0 Å². The minimum atomic E-state index is -0.874. The topological polar surface area (TPSA) is 157 Å². The molecule has 0 unspecified atom stereocenters. The Morgan fingerprint density at radius 1 is 0.356 bits per heavy atom. The highest BCUT2D eigenvalue weighted by Crippen LogP contribution is 1.89. The van der Waals surface area contributed by atoms with Gasteiger partial charge in [-0.25, -0.2) is 0 Å². The largest absolute Gasteiger partial charge is 0.481 e. The summed E-state index contributed by atoms with van der Waals surface area (Å²) in [5.74, 6) is -0.874. The Bertz CT molecular complexity index is 571. The second-order valence-electron chi connectivity index (χ2n) is 9.41. The fourth-order valence-corrected chi connectivity index (χ4v) is 3.02. The minimum Gasteiger partial charge on any atom is -0.481 e. The van der Waals surface area contributed by atoms with Crippen LogP contribution in [-0.2, 0) is 66.4 Å². The van der Waals surface area contributed by atoms with Gasteiger partial charge in [0.15, 0.2) is 0 Å². The van der Waals surface area contributed by atoms with E-state index in [1.54, 1.807) is 0 Å². The average molecular weight is 661 g/mol. The molecule has 0 aromatic heterocycles. The molecule has 0 aromatic rings. The molecule has 1 N–H and O–H groups in total. The zero-order chi connectivity index (χ0) is 32.7. The third-order valence-corrected chi connectivity index (χ3v) is 5.23. The van der Waals surface area contributed by atoms with Gasteiger partial charge in [-0.05, 0) is 13.8 Å². The summed E-state index contributed by atoms with van der Waals surface area (Å²) in [6.07, 6.45) is 0.224. The SMILES string of the molecule is CC(C)OCCOCCOCCOCCOCCOCCOCCOCCOCCOCCOCCOCCOCCC(=O)O. The fourth-order valence-electron chi connectivity index (χ4n) is 3.02. The predicted octanol–water partition coefficient (Wildman–Crippen LogP) is 1.09. The van der Waals surface area contributed by atoms with E-state index >= 15 is 0 Å². The fraction of sp³-hybridized carbons (Fsp3) is 0.967. The Kier molecular flexibility index (Phi) is 38.2. The Hall–Kier alpha value is -1.05. The van der Waals surface area contributed by atoms with Crippen molar-refractivity contribution in [1.82, 2.24) is 0 Å². The smallest absolute Gasteiger partial charge is 0.305 e. The molecule has 0 aliphatic heterocycles. The van der Waals surface area contributed by atoms with Crippen LogP contribution in [0.15, 0.2) is 0 Å². The first kappa shape index (κ1) is 43.9. The standard InChI is InChI=1S/C30H60O15/c1-29(2)45-28-27-44-26-25-43-24-23-42-22-21-41-20-19-40-18-17-39-16-15-38-14-13-37-12-11-36-10-9-35-8-7-34-6-5-33-4-3-30(31)32/h29H,3-28H2,1-2H3,(H,31,32). The Labute approximate surface area is 269 Å². The molecule has 15 heteroatoms. The quantitative estimate of drug-likeness (QED) is 0.0931. The molecular weight excluding hydrogens is 600 g/mol. The van der Waals surface area contributed by atoms with Crippen molar-refractivity contribution in [1.29, 1.82) is 0 Å². The lowest BCUT2D eigenvalue weighted by atomic mass is 10.5. The van der Waals surface area contributed by atoms with Crippen LogP contribution < -0.4 is 0 Å². The first-order chi connectivity index (χ1) is 22.1. The van der Waals surface area contributed by atoms with Crippen LogP contribution in [0.1, 0.15) is 20.3 Å². The number of hydrogen-bond acceptors (Lipinski definition) is 14. The summed E-state index contributed by atoms with van der Waals surface area (Å²) in [5.41, 5.74) is 0. The van der Waals surface area contributed by atoms with Gasteiger partial charge in [0.1, 0.15) is 0 Å². The van der Waals surface area contributed by atoms with E-state index in [1.807, 2.05) is 13.8 Å². The lowest BCUT2D eigenvalue weighted by molar-refractivity contribution is -0.138. The van der Waals surface area contributed by atoms with E-state index in [0.29, 0.717) is 159 Å². The molecular formula is C30H60O15. The van der Waals surface area contributed by atoms with Crippen LogP contribution in [0, 0.1) is 0 Å². The molecule has 0 rings (SSSR count).